The Morgan fingerprint density at radius 2 is 2.29 bits per heavy atom. The number of nitrogens with one attached hydrogen (secondary N) is 1. The summed E-state index contributed by atoms with van der Waals surface area (Å²) in [7, 11) is 0. The van der Waals surface area contributed by atoms with Crippen LogP contribution in [0.15, 0.2) is 17.2 Å². The predicted molar refractivity (Wildman–Crippen MR) is 47.2 cm³/mol. The van der Waals surface area contributed by atoms with Gasteiger partial charge in [0.1, 0.15) is 6.20 Å². The number of H-pyrrole nitrogens is 1. The second-order valence-corrected chi connectivity index (χ2v) is 2.85. The van der Waals surface area contributed by atoms with E-state index in [1.165, 1.54) is 10.6 Å². The summed E-state index contributed by atoms with van der Waals surface area (Å²) >= 11 is 0. The van der Waals surface area contributed by atoms with Crippen molar-refractivity contribution in [3.63, 3.8) is 0 Å². The van der Waals surface area contributed by atoms with Crippen molar-refractivity contribution in [1.29, 1.82) is 0 Å². The van der Waals surface area contributed by atoms with Crippen molar-refractivity contribution in [1.82, 2.24) is 14.4 Å². The van der Waals surface area contributed by atoms with Crippen LogP contribution in [0.1, 0.15) is 5.69 Å². The summed E-state index contributed by atoms with van der Waals surface area (Å²) in [6, 6.07) is 0. The third-order valence-electron chi connectivity index (χ3n) is 1.75. The molecule has 0 amide bonds. The number of aromatic nitrogens is 3. The lowest BCUT2D eigenvalue weighted by Gasteiger charge is -1.90. The topological polar surface area (TPSA) is 93.3 Å². The normalized spacial score (nSPS) is 10.6. The van der Waals surface area contributed by atoms with Gasteiger partial charge in [-0.25, -0.2) is 0 Å². The van der Waals surface area contributed by atoms with E-state index in [2.05, 4.69) is 9.97 Å². The molecule has 0 unspecified atom stereocenters. The van der Waals surface area contributed by atoms with Crippen LogP contribution in [0.4, 0.5) is 5.82 Å². The summed E-state index contributed by atoms with van der Waals surface area (Å²) < 4.78 is 1.34. The lowest BCUT2D eigenvalue weighted by Crippen LogP contribution is -2.10. The minimum atomic E-state index is -0.637. The van der Waals surface area contributed by atoms with Crippen molar-refractivity contribution >= 4 is 11.5 Å². The molecular formula is C7H6N4O3. The molecule has 2 aromatic rings. The molecule has 2 rings (SSSR count). The minimum absolute atomic E-state index is 0.0299. The zero-order chi connectivity index (χ0) is 10.3. The first-order valence-electron chi connectivity index (χ1n) is 3.81. The van der Waals surface area contributed by atoms with E-state index in [1.54, 1.807) is 13.1 Å². The monoisotopic (exact) mass is 194 g/mol. The van der Waals surface area contributed by atoms with Crippen molar-refractivity contribution < 1.29 is 4.92 Å². The van der Waals surface area contributed by atoms with Gasteiger partial charge in [0.2, 0.25) is 0 Å². The highest BCUT2D eigenvalue weighted by Crippen LogP contribution is 2.08. The first-order chi connectivity index (χ1) is 6.58. The van der Waals surface area contributed by atoms with E-state index in [0.29, 0.717) is 5.69 Å². The fraction of sp³-hybridized carbons (Fsp3) is 0.143. The summed E-state index contributed by atoms with van der Waals surface area (Å²) in [6.45, 7) is 1.69. The number of nitrogens with zero attached hydrogens (tertiary/aromatic N) is 3. The van der Waals surface area contributed by atoms with E-state index in [0.717, 1.165) is 0 Å². The first kappa shape index (κ1) is 8.42. The molecule has 0 saturated carbocycles. The van der Waals surface area contributed by atoms with Crippen LogP contribution < -0.4 is 5.56 Å². The first-order valence-corrected chi connectivity index (χ1v) is 3.81. The van der Waals surface area contributed by atoms with Crippen molar-refractivity contribution in [2.75, 3.05) is 0 Å². The maximum absolute atomic E-state index is 11.3. The van der Waals surface area contributed by atoms with Gasteiger partial charge < -0.3 is 15.1 Å². The highest BCUT2D eigenvalue weighted by molar-refractivity contribution is 5.41. The van der Waals surface area contributed by atoms with Crippen LogP contribution in [0.5, 0.6) is 0 Å². The maximum Gasteiger partial charge on any atom is 0.382 e. The molecule has 0 spiro atoms. The average Bonchev–Trinajstić information content (AvgIpc) is 2.47. The standard InChI is InChI=1S/C7H6N4O3/c1-4-2-10-3-5(11(13)14)9-6(10)7(12)8-4/h2-3H,1H3,(H,8,12). The Kier molecular flexibility index (Phi) is 1.60. The highest BCUT2D eigenvalue weighted by Gasteiger charge is 2.15. The van der Waals surface area contributed by atoms with Gasteiger partial charge in [0.15, 0.2) is 0 Å². The van der Waals surface area contributed by atoms with Crippen LogP contribution in [0.2, 0.25) is 0 Å². The van der Waals surface area contributed by atoms with Gasteiger partial charge in [-0.1, -0.05) is 0 Å². The number of aromatic amines is 1. The molecule has 0 saturated heterocycles. The van der Waals surface area contributed by atoms with Gasteiger partial charge in [-0.15, -0.1) is 0 Å². The van der Waals surface area contributed by atoms with Crippen molar-refractivity contribution in [2.24, 2.45) is 0 Å². The van der Waals surface area contributed by atoms with Crippen LogP contribution in [-0.4, -0.2) is 19.3 Å². The summed E-state index contributed by atoms with van der Waals surface area (Å²) in [5.74, 6) is -0.332. The molecule has 0 atom stereocenters. The van der Waals surface area contributed by atoms with Crippen LogP contribution in [-0.2, 0) is 0 Å². The van der Waals surface area contributed by atoms with E-state index in [9.17, 15) is 14.9 Å². The molecule has 0 bridgehead atoms. The van der Waals surface area contributed by atoms with Gasteiger partial charge in [0.05, 0.1) is 0 Å². The Hall–Kier alpha value is -2.18. The molecule has 14 heavy (non-hydrogen) atoms. The molecular weight excluding hydrogens is 188 g/mol. The number of rotatable bonds is 1. The fourth-order valence-corrected chi connectivity index (χ4v) is 1.21. The zero-order valence-electron chi connectivity index (χ0n) is 7.22. The second kappa shape index (κ2) is 2.66. The van der Waals surface area contributed by atoms with E-state index in [-0.39, 0.29) is 11.5 Å². The summed E-state index contributed by atoms with van der Waals surface area (Å²) in [4.78, 5) is 27.1. The summed E-state index contributed by atoms with van der Waals surface area (Å²) in [5, 5.41) is 10.4. The van der Waals surface area contributed by atoms with Gasteiger partial charge in [0, 0.05) is 11.9 Å². The Morgan fingerprint density at radius 3 is 2.93 bits per heavy atom. The van der Waals surface area contributed by atoms with E-state index < -0.39 is 10.5 Å². The minimum Gasteiger partial charge on any atom is -0.358 e. The van der Waals surface area contributed by atoms with Crippen LogP contribution in [0, 0.1) is 17.0 Å². The van der Waals surface area contributed by atoms with Crippen molar-refractivity contribution in [2.45, 2.75) is 6.92 Å². The average molecular weight is 194 g/mol. The number of hydrogen-bond donors (Lipinski definition) is 1. The van der Waals surface area contributed by atoms with E-state index >= 15 is 0 Å². The lowest BCUT2D eigenvalue weighted by atomic mass is 10.5. The molecule has 0 fully saturated rings. The van der Waals surface area contributed by atoms with Gasteiger partial charge in [-0.05, 0) is 16.8 Å². The fourth-order valence-electron chi connectivity index (χ4n) is 1.21. The predicted octanol–water partition coefficient (Wildman–Crippen LogP) is 0.239. The Bertz CT molecular complexity index is 568. The molecule has 0 aliphatic heterocycles. The molecule has 0 aliphatic carbocycles. The third kappa shape index (κ3) is 1.15. The number of hydrogen-bond acceptors (Lipinski definition) is 4. The number of nitro groups is 1. The Morgan fingerprint density at radius 1 is 1.57 bits per heavy atom. The van der Waals surface area contributed by atoms with Gasteiger partial charge in [-0.2, -0.15) is 0 Å². The second-order valence-electron chi connectivity index (χ2n) is 2.85. The van der Waals surface area contributed by atoms with Crippen molar-refractivity contribution in [3.05, 3.63) is 38.6 Å². The quantitative estimate of drug-likeness (QED) is 0.519. The largest absolute Gasteiger partial charge is 0.382 e. The maximum atomic E-state index is 11.3. The van der Waals surface area contributed by atoms with E-state index in [4.69, 9.17) is 0 Å². The number of aryl methyl sites for hydroxylation is 1. The molecule has 2 heterocycles. The number of fused-ring (bicyclic) bond motifs is 1. The Balaban J connectivity index is 2.83. The van der Waals surface area contributed by atoms with Gasteiger partial charge in [-0.3, -0.25) is 9.20 Å². The number of imidazole rings is 1. The van der Waals surface area contributed by atoms with Gasteiger partial charge >= 0.3 is 17.0 Å². The zero-order valence-corrected chi connectivity index (χ0v) is 7.22. The van der Waals surface area contributed by atoms with Crippen LogP contribution in [0.3, 0.4) is 0 Å². The molecule has 72 valence electrons. The molecule has 0 radical (unpaired) electrons. The summed E-state index contributed by atoms with van der Waals surface area (Å²) in [6.07, 6.45) is 2.77. The smallest absolute Gasteiger partial charge is 0.358 e. The van der Waals surface area contributed by atoms with Crippen LogP contribution >= 0.6 is 0 Å². The highest BCUT2D eigenvalue weighted by atomic mass is 16.6. The SMILES string of the molecule is Cc1cn2cc([N+](=O)[O-])nc2c(=O)[nH]1. The molecule has 0 aliphatic rings. The molecule has 7 nitrogen and oxygen atoms in total. The molecule has 1 N–H and O–H groups in total. The van der Waals surface area contributed by atoms with Crippen molar-refractivity contribution in [3.8, 4) is 0 Å². The summed E-state index contributed by atoms with van der Waals surface area (Å²) in [5.41, 5.74) is 0.218. The van der Waals surface area contributed by atoms with Gasteiger partial charge in [0.25, 0.3) is 0 Å². The molecule has 0 aromatic carbocycles. The lowest BCUT2D eigenvalue weighted by molar-refractivity contribution is -0.389. The Labute approximate surface area is 77.2 Å². The van der Waals surface area contributed by atoms with E-state index in [1.807, 2.05) is 0 Å². The third-order valence-corrected chi connectivity index (χ3v) is 1.75. The molecule has 2 aromatic heterocycles. The molecule has 7 heteroatoms. The van der Waals surface area contributed by atoms with Crippen LogP contribution in [0.25, 0.3) is 5.65 Å².